The second kappa shape index (κ2) is 8.76. The van der Waals surface area contributed by atoms with Gasteiger partial charge in [-0.25, -0.2) is 4.99 Å². The smallest absolute Gasteiger partial charge is 0.190 e. The Labute approximate surface area is 170 Å². The summed E-state index contributed by atoms with van der Waals surface area (Å²) in [6.45, 7) is 6.47. The molecule has 0 aliphatic carbocycles. The second-order valence-electron chi connectivity index (χ2n) is 7.05. The van der Waals surface area contributed by atoms with Gasteiger partial charge in [-0.05, 0) is 56.5 Å². The van der Waals surface area contributed by atoms with Crippen molar-refractivity contribution in [3.8, 4) is 17.0 Å². The second-order valence-corrected chi connectivity index (χ2v) is 7.89. The van der Waals surface area contributed by atoms with Crippen LogP contribution in [0.5, 0.6) is 5.75 Å². The van der Waals surface area contributed by atoms with Gasteiger partial charge in [0.1, 0.15) is 5.75 Å². The normalized spacial score (nSPS) is 17.2. The number of hydrogen-bond donors (Lipinski definition) is 0. The van der Waals surface area contributed by atoms with Crippen molar-refractivity contribution in [3.05, 3.63) is 64.3 Å². The van der Waals surface area contributed by atoms with Gasteiger partial charge < -0.3 is 14.0 Å². The summed E-state index contributed by atoms with van der Waals surface area (Å²) in [5.74, 6) is 0.875. The van der Waals surface area contributed by atoms with Gasteiger partial charge in [-0.3, -0.25) is 0 Å². The fourth-order valence-corrected chi connectivity index (χ4v) is 4.37. The molecule has 4 nitrogen and oxygen atoms in total. The number of thiazole rings is 1. The zero-order chi connectivity index (χ0) is 19.3. The Hall–Kier alpha value is -2.37. The van der Waals surface area contributed by atoms with E-state index >= 15 is 0 Å². The minimum Gasteiger partial charge on any atom is -0.494 e. The molecule has 1 atom stereocenters. The summed E-state index contributed by atoms with van der Waals surface area (Å²) in [5.41, 5.74) is 4.61. The Morgan fingerprint density at radius 1 is 1.14 bits per heavy atom. The first-order valence-corrected chi connectivity index (χ1v) is 10.8. The zero-order valence-corrected chi connectivity index (χ0v) is 17.2. The highest BCUT2D eigenvalue weighted by Gasteiger charge is 2.19. The average Bonchev–Trinajstić information content (AvgIpc) is 3.35. The fourth-order valence-electron chi connectivity index (χ4n) is 3.44. The SMILES string of the molecule is CCOc1ccc(N=c2scc(-c3ccc(C)cc3)n2CC2CCCO2)cc1. The van der Waals surface area contributed by atoms with E-state index in [0.717, 1.165) is 42.2 Å². The maximum atomic E-state index is 5.91. The number of nitrogens with zero attached hydrogens (tertiary/aromatic N) is 2. The first kappa shape index (κ1) is 19.0. The molecule has 0 saturated carbocycles. The van der Waals surface area contributed by atoms with Gasteiger partial charge >= 0.3 is 0 Å². The number of rotatable bonds is 6. The van der Waals surface area contributed by atoms with E-state index in [9.17, 15) is 0 Å². The molecule has 0 radical (unpaired) electrons. The first-order chi connectivity index (χ1) is 13.7. The van der Waals surface area contributed by atoms with Gasteiger partial charge in [-0.2, -0.15) is 0 Å². The molecule has 1 aliphatic heterocycles. The van der Waals surface area contributed by atoms with Crippen LogP contribution in [0.4, 0.5) is 5.69 Å². The summed E-state index contributed by atoms with van der Waals surface area (Å²) in [7, 11) is 0. The molecule has 1 aliphatic rings. The fraction of sp³-hybridized carbons (Fsp3) is 0.348. The van der Waals surface area contributed by atoms with E-state index in [1.165, 1.54) is 16.8 Å². The molecule has 0 bridgehead atoms. The van der Waals surface area contributed by atoms with Crippen LogP contribution in [-0.2, 0) is 11.3 Å². The zero-order valence-electron chi connectivity index (χ0n) is 16.4. The van der Waals surface area contributed by atoms with Crippen molar-refractivity contribution in [2.75, 3.05) is 13.2 Å². The highest BCUT2D eigenvalue weighted by molar-refractivity contribution is 7.07. The Morgan fingerprint density at radius 3 is 2.61 bits per heavy atom. The van der Waals surface area contributed by atoms with Gasteiger partial charge in [0.25, 0.3) is 0 Å². The molecule has 146 valence electrons. The molecule has 0 N–H and O–H groups in total. The lowest BCUT2D eigenvalue weighted by Gasteiger charge is -2.14. The predicted octanol–water partition coefficient (Wildman–Crippen LogP) is 5.34. The van der Waals surface area contributed by atoms with E-state index in [1.807, 2.05) is 31.2 Å². The van der Waals surface area contributed by atoms with Crippen molar-refractivity contribution in [3.63, 3.8) is 0 Å². The van der Waals surface area contributed by atoms with Gasteiger partial charge in [-0.1, -0.05) is 29.8 Å². The first-order valence-electron chi connectivity index (χ1n) is 9.87. The monoisotopic (exact) mass is 394 g/mol. The number of ether oxygens (including phenoxy) is 2. The summed E-state index contributed by atoms with van der Waals surface area (Å²) >= 11 is 1.68. The molecule has 4 rings (SSSR count). The molecule has 2 aromatic carbocycles. The third-order valence-corrected chi connectivity index (χ3v) is 5.79. The summed E-state index contributed by atoms with van der Waals surface area (Å²) < 4.78 is 13.8. The average molecular weight is 395 g/mol. The van der Waals surface area contributed by atoms with Crippen LogP contribution in [0.3, 0.4) is 0 Å². The Morgan fingerprint density at radius 2 is 1.93 bits per heavy atom. The summed E-state index contributed by atoms with van der Waals surface area (Å²) in [6, 6.07) is 16.6. The minimum atomic E-state index is 0.262. The molecule has 2 heterocycles. The lowest BCUT2D eigenvalue weighted by atomic mass is 10.1. The third-order valence-electron chi connectivity index (χ3n) is 4.93. The third kappa shape index (κ3) is 4.37. The molecular weight excluding hydrogens is 368 g/mol. The van der Waals surface area contributed by atoms with Crippen LogP contribution in [0.1, 0.15) is 25.3 Å². The minimum absolute atomic E-state index is 0.262. The van der Waals surface area contributed by atoms with Crippen LogP contribution in [0.25, 0.3) is 11.3 Å². The molecule has 28 heavy (non-hydrogen) atoms. The quantitative estimate of drug-likeness (QED) is 0.566. The lowest BCUT2D eigenvalue weighted by Crippen LogP contribution is -2.24. The standard InChI is InChI=1S/C23H26N2O2S/c1-3-26-20-12-10-19(11-13-20)24-23-25(15-21-5-4-14-27-21)22(16-28-23)18-8-6-17(2)7-9-18/h6-13,16,21H,3-5,14-15H2,1-2H3. The van der Waals surface area contributed by atoms with Crippen molar-refractivity contribution < 1.29 is 9.47 Å². The van der Waals surface area contributed by atoms with Crippen molar-refractivity contribution in [1.29, 1.82) is 0 Å². The topological polar surface area (TPSA) is 35.8 Å². The molecule has 0 spiro atoms. The molecule has 5 heteroatoms. The largest absolute Gasteiger partial charge is 0.494 e. The van der Waals surface area contributed by atoms with Gasteiger partial charge in [0, 0.05) is 12.0 Å². The lowest BCUT2D eigenvalue weighted by molar-refractivity contribution is 0.0968. The van der Waals surface area contributed by atoms with E-state index in [1.54, 1.807) is 11.3 Å². The Bertz CT molecular complexity index is 965. The summed E-state index contributed by atoms with van der Waals surface area (Å²) in [5, 5.41) is 2.20. The van der Waals surface area contributed by atoms with E-state index in [2.05, 4.69) is 41.1 Å². The molecule has 3 aromatic rings. The summed E-state index contributed by atoms with van der Waals surface area (Å²) in [6.07, 6.45) is 2.51. The molecule has 1 aromatic heterocycles. The maximum absolute atomic E-state index is 5.91. The highest BCUT2D eigenvalue weighted by Crippen LogP contribution is 2.24. The maximum Gasteiger partial charge on any atom is 0.190 e. The number of hydrogen-bond acceptors (Lipinski definition) is 4. The molecule has 0 amide bonds. The van der Waals surface area contributed by atoms with Gasteiger partial charge in [0.2, 0.25) is 0 Å². The Kier molecular flexibility index (Phi) is 5.93. The van der Waals surface area contributed by atoms with Crippen LogP contribution in [0, 0.1) is 6.92 Å². The molecule has 1 unspecified atom stereocenters. The van der Waals surface area contributed by atoms with Crippen LogP contribution < -0.4 is 9.54 Å². The van der Waals surface area contributed by atoms with Crippen LogP contribution in [0.2, 0.25) is 0 Å². The number of aryl methyl sites for hydroxylation is 1. The van der Waals surface area contributed by atoms with Gasteiger partial charge in [0.05, 0.1) is 30.6 Å². The van der Waals surface area contributed by atoms with Crippen LogP contribution >= 0.6 is 11.3 Å². The van der Waals surface area contributed by atoms with Gasteiger partial charge in [-0.15, -0.1) is 11.3 Å². The van der Waals surface area contributed by atoms with E-state index in [0.29, 0.717) is 6.61 Å². The van der Waals surface area contributed by atoms with E-state index in [-0.39, 0.29) is 6.10 Å². The Balaban J connectivity index is 1.72. The van der Waals surface area contributed by atoms with Crippen LogP contribution in [0.15, 0.2) is 58.9 Å². The van der Waals surface area contributed by atoms with Gasteiger partial charge in [0.15, 0.2) is 4.80 Å². The summed E-state index contributed by atoms with van der Waals surface area (Å²) in [4.78, 5) is 5.91. The predicted molar refractivity (Wildman–Crippen MR) is 114 cm³/mol. The number of aromatic nitrogens is 1. The molecule has 1 saturated heterocycles. The van der Waals surface area contributed by atoms with Crippen molar-refractivity contribution in [2.24, 2.45) is 4.99 Å². The van der Waals surface area contributed by atoms with Crippen molar-refractivity contribution in [1.82, 2.24) is 4.57 Å². The molecular formula is C23H26N2O2S. The van der Waals surface area contributed by atoms with Crippen molar-refractivity contribution >= 4 is 17.0 Å². The van der Waals surface area contributed by atoms with E-state index in [4.69, 9.17) is 14.5 Å². The number of benzene rings is 2. The van der Waals surface area contributed by atoms with Crippen molar-refractivity contribution in [2.45, 2.75) is 39.3 Å². The van der Waals surface area contributed by atoms with E-state index < -0.39 is 0 Å². The molecule has 1 fully saturated rings. The highest BCUT2D eigenvalue weighted by atomic mass is 32.1. The van der Waals surface area contributed by atoms with Crippen LogP contribution in [-0.4, -0.2) is 23.9 Å².